The first-order chi connectivity index (χ1) is 14.6. The van der Waals surface area contributed by atoms with Crippen molar-refractivity contribution in [2.75, 3.05) is 6.54 Å². The number of ketones is 1. The predicted octanol–water partition coefficient (Wildman–Crippen LogP) is 2.93. The van der Waals surface area contributed by atoms with Gasteiger partial charge in [-0.3, -0.25) is 14.6 Å². The molecule has 7 nitrogen and oxygen atoms in total. The Morgan fingerprint density at radius 1 is 1.07 bits per heavy atom. The van der Waals surface area contributed by atoms with Gasteiger partial charge < -0.3 is 14.6 Å². The lowest BCUT2D eigenvalue weighted by atomic mass is 9.96. The summed E-state index contributed by atoms with van der Waals surface area (Å²) in [4.78, 5) is 35.2. The summed E-state index contributed by atoms with van der Waals surface area (Å²) in [6.07, 6.45) is 8.93. The van der Waals surface area contributed by atoms with Crippen LogP contribution in [-0.4, -0.2) is 42.8 Å². The lowest BCUT2D eigenvalue weighted by Gasteiger charge is -2.25. The Hall–Kier alpha value is -3.81. The van der Waals surface area contributed by atoms with Crippen LogP contribution >= 0.6 is 0 Å². The molecule has 1 aromatic carbocycles. The van der Waals surface area contributed by atoms with Gasteiger partial charge in [0.2, 0.25) is 0 Å². The molecular formula is C22H19FN4O3. The Balaban J connectivity index is 1.71. The molecule has 3 aromatic rings. The Morgan fingerprint density at radius 3 is 2.53 bits per heavy atom. The number of Topliss-reactive ketones (excluding diaryl/α,β-unsaturated/α-hetero) is 1. The van der Waals surface area contributed by atoms with Gasteiger partial charge in [0.05, 0.1) is 17.9 Å². The van der Waals surface area contributed by atoms with Crippen LogP contribution in [-0.2, 0) is 16.1 Å². The van der Waals surface area contributed by atoms with Crippen molar-refractivity contribution in [3.8, 4) is 0 Å². The highest BCUT2D eigenvalue weighted by molar-refractivity contribution is 6.46. The normalized spacial score (nSPS) is 18.2. The van der Waals surface area contributed by atoms with Gasteiger partial charge in [0, 0.05) is 43.4 Å². The van der Waals surface area contributed by atoms with Gasteiger partial charge in [0.15, 0.2) is 0 Å². The lowest BCUT2D eigenvalue weighted by molar-refractivity contribution is -0.139. The van der Waals surface area contributed by atoms with Gasteiger partial charge in [-0.05, 0) is 42.3 Å². The summed E-state index contributed by atoms with van der Waals surface area (Å²) in [5.41, 5.74) is 0.854. The van der Waals surface area contributed by atoms with Crippen molar-refractivity contribution >= 4 is 17.4 Å². The van der Waals surface area contributed by atoms with E-state index in [1.165, 1.54) is 29.2 Å². The van der Waals surface area contributed by atoms with E-state index in [1.807, 2.05) is 10.8 Å². The average molecular weight is 406 g/mol. The fraction of sp³-hybridized carbons (Fsp3) is 0.182. The van der Waals surface area contributed by atoms with E-state index in [1.54, 1.807) is 37.1 Å². The summed E-state index contributed by atoms with van der Waals surface area (Å²) >= 11 is 0. The Labute approximate surface area is 172 Å². The van der Waals surface area contributed by atoms with Crippen LogP contribution in [0.15, 0.2) is 73.1 Å². The Kier molecular flexibility index (Phi) is 5.38. The van der Waals surface area contributed by atoms with Gasteiger partial charge in [-0.15, -0.1) is 0 Å². The van der Waals surface area contributed by atoms with Crippen LogP contribution < -0.4 is 0 Å². The van der Waals surface area contributed by atoms with Crippen LogP contribution in [0.3, 0.4) is 0 Å². The smallest absolute Gasteiger partial charge is 0.295 e. The fourth-order valence-corrected chi connectivity index (χ4v) is 3.60. The van der Waals surface area contributed by atoms with Crippen LogP contribution in [0.2, 0.25) is 0 Å². The van der Waals surface area contributed by atoms with E-state index in [0.29, 0.717) is 25.1 Å². The number of amides is 1. The first-order valence-corrected chi connectivity index (χ1v) is 9.46. The van der Waals surface area contributed by atoms with Crippen LogP contribution in [0.1, 0.15) is 23.6 Å². The quantitative estimate of drug-likeness (QED) is 0.386. The number of aromatic nitrogens is 3. The second kappa shape index (κ2) is 8.28. The first-order valence-electron chi connectivity index (χ1n) is 9.46. The molecule has 1 N–H and O–H groups in total. The molecule has 0 spiro atoms. The zero-order valence-electron chi connectivity index (χ0n) is 16.0. The van der Waals surface area contributed by atoms with Crippen LogP contribution in [0, 0.1) is 5.82 Å². The van der Waals surface area contributed by atoms with Gasteiger partial charge in [-0.2, -0.15) is 0 Å². The molecule has 30 heavy (non-hydrogen) atoms. The number of aliphatic hydroxyl groups is 1. The minimum atomic E-state index is -0.772. The van der Waals surface area contributed by atoms with E-state index in [0.717, 1.165) is 0 Å². The maximum Gasteiger partial charge on any atom is 0.295 e. The number of nitrogens with zero attached hydrogens (tertiary/aromatic N) is 4. The van der Waals surface area contributed by atoms with Crippen molar-refractivity contribution in [3.05, 3.63) is 90.0 Å². The van der Waals surface area contributed by atoms with Crippen molar-refractivity contribution in [2.24, 2.45) is 0 Å². The highest BCUT2D eigenvalue weighted by Crippen LogP contribution is 2.39. The average Bonchev–Trinajstić information content (AvgIpc) is 3.37. The van der Waals surface area contributed by atoms with Crippen molar-refractivity contribution in [3.63, 3.8) is 0 Å². The number of rotatable bonds is 6. The van der Waals surface area contributed by atoms with Crippen LogP contribution in [0.25, 0.3) is 5.76 Å². The number of imidazole rings is 1. The minimum absolute atomic E-state index is 0.0257. The summed E-state index contributed by atoms with van der Waals surface area (Å²) in [7, 11) is 0. The third-order valence-electron chi connectivity index (χ3n) is 5.03. The highest BCUT2D eigenvalue weighted by Gasteiger charge is 2.45. The zero-order valence-corrected chi connectivity index (χ0v) is 16.0. The van der Waals surface area contributed by atoms with E-state index < -0.39 is 23.5 Å². The predicted molar refractivity (Wildman–Crippen MR) is 106 cm³/mol. The molecule has 1 aliphatic rings. The van der Waals surface area contributed by atoms with Gasteiger partial charge in [-0.1, -0.05) is 6.07 Å². The van der Waals surface area contributed by atoms with Crippen molar-refractivity contribution in [1.29, 1.82) is 0 Å². The molecule has 3 heterocycles. The van der Waals surface area contributed by atoms with E-state index in [4.69, 9.17) is 0 Å². The molecule has 8 heteroatoms. The van der Waals surface area contributed by atoms with Crippen molar-refractivity contribution in [2.45, 2.75) is 19.0 Å². The number of benzene rings is 1. The number of halogens is 1. The molecule has 1 fully saturated rings. The SMILES string of the molecule is O=C1C(=O)N(CCCn2ccnc2)[C@@H](c2cccnc2)/C1=C(\O)c1ccc(F)cc1. The van der Waals surface area contributed by atoms with E-state index >= 15 is 0 Å². The molecule has 1 saturated heterocycles. The van der Waals surface area contributed by atoms with Crippen molar-refractivity contribution in [1.82, 2.24) is 19.4 Å². The van der Waals surface area contributed by atoms with E-state index in [9.17, 15) is 19.1 Å². The van der Waals surface area contributed by atoms with E-state index in [2.05, 4.69) is 9.97 Å². The Bertz CT molecular complexity index is 1080. The summed E-state index contributed by atoms with van der Waals surface area (Å²) in [6, 6.07) is 7.81. The molecule has 0 saturated carbocycles. The number of aryl methyl sites for hydroxylation is 1. The third kappa shape index (κ3) is 3.71. The van der Waals surface area contributed by atoms with Gasteiger partial charge in [0.1, 0.15) is 11.6 Å². The van der Waals surface area contributed by atoms with Gasteiger partial charge in [0.25, 0.3) is 11.7 Å². The maximum absolute atomic E-state index is 13.3. The number of pyridine rings is 1. The van der Waals surface area contributed by atoms with Crippen LogP contribution in [0.5, 0.6) is 0 Å². The summed E-state index contributed by atoms with van der Waals surface area (Å²) in [5.74, 6) is -2.25. The van der Waals surface area contributed by atoms with Gasteiger partial charge in [-0.25, -0.2) is 9.37 Å². The molecule has 1 aliphatic heterocycles. The largest absolute Gasteiger partial charge is 0.507 e. The summed E-state index contributed by atoms with van der Waals surface area (Å²) in [5, 5.41) is 10.8. The zero-order chi connectivity index (χ0) is 21.1. The number of hydrogen-bond donors (Lipinski definition) is 1. The molecule has 152 valence electrons. The number of aliphatic hydroxyl groups excluding tert-OH is 1. The molecule has 2 aromatic heterocycles. The summed E-state index contributed by atoms with van der Waals surface area (Å²) < 4.78 is 15.2. The number of hydrogen-bond acceptors (Lipinski definition) is 5. The molecule has 0 unspecified atom stereocenters. The molecule has 0 bridgehead atoms. The molecule has 0 aliphatic carbocycles. The second-order valence-electron chi connectivity index (χ2n) is 6.94. The van der Waals surface area contributed by atoms with Gasteiger partial charge >= 0.3 is 0 Å². The Morgan fingerprint density at radius 2 is 1.87 bits per heavy atom. The summed E-state index contributed by atoms with van der Waals surface area (Å²) in [6.45, 7) is 0.934. The first kappa shape index (κ1) is 19.5. The van der Waals surface area contributed by atoms with Crippen molar-refractivity contribution < 1.29 is 19.1 Å². The number of likely N-dealkylation sites (tertiary alicyclic amines) is 1. The molecule has 0 radical (unpaired) electrons. The maximum atomic E-state index is 13.3. The molecule has 4 rings (SSSR count). The van der Waals surface area contributed by atoms with Crippen LogP contribution in [0.4, 0.5) is 4.39 Å². The molecule has 1 atom stereocenters. The third-order valence-corrected chi connectivity index (χ3v) is 5.03. The number of carbonyl (C=O) groups excluding carboxylic acids is 2. The van der Waals surface area contributed by atoms with E-state index in [-0.39, 0.29) is 16.9 Å². The minimum Gasteiger partial charge on any atom is -0.507 e. The molecule has 1 amide bonds. The lowest BCUT2D eigenvalue weighted by Crippen LogP contribution is -2.31. The highest BCUT2D eigenvalue weighted by atomic mass is 19.1. The number of carbonyl (C=O) groups is 2. The standard InChI is InChI=1S/C22H19FN4O3/c23-17-6-4-15(5-7-17)20(28)18-19(16-3-1-8-24-13-16)27(22(30)21(18)29)11-2-10-26-12-9-25-14-26/h1,3-9,12-14,19,28H,2,10-11H2/b20-18+/t19-/m0/s1. The second-order valence-corrected chi connectivity index (χ2v) is 6.94. The topological polar surface area (TPSA) is 88.3 Å². The fourth-order valence-electron chi connectivity index (χ4n) is 3.60. The monoisotopic (exact) mass is 406 g/mol. The molecular weight excluding hydrogens is 387 g/mol.